The maximum absolute atomic E-state index is 13.2. The molecule has 1 saturated heterocycles. The lowest BCUT2D eigenvalue weighted by molar-refractivity contribution is 0.0732. The molecule has 0 spiro atoms. The fourth-order valence-electron chi connectivity index (χ4n) is 5.57. The van der Waals surface area contributed by atoms with Crippen molar-refractivity contribution < 1.29 is 9.18 Å². The highest BCUT2D eigenvalue weighted by Crippen LogP contribution is 2.31. The molecule has 2 aromatic rings. The van der Waals surface area contributed by atoms with E-state index >= 15 is 0 Å². The van der Waals surface area contributed by atoms with Gasteiger partial charge < -0.3 is 14.8 Å². The molecule has 1 aromatic heterocycles. The van der Waals surface area contributed by atoms with Crippen LogP contribution in [0.25, 0.3) is 0 Å². The molecule has 0 radical (unpaired) electrons. The van der Waals surface area contributed by atoms with Crippen LogP contribution in [-0.2, 0) is 13.0 Å². The van der Waals surface area contributed by atoms with Crippen LogP contribution in [0.2, 0.25) is 0 Å². The first-order valence-electron chi connectivity index (χ1n) is 12.0. The second kappa shape index (κ2) is 9.14. The van der Waals surface area contributed by atoms with E-state index in [0.717, 1.165) is 43.5 Å². The Bertz CT molecular complexity index is 1020. The smallest absolute Gasteiger partial charge is 0.256 e. The Balaban J connectivity index is 1.26. The number of H-pyrrole nitrogens is 1. The van der Waals surface area contributed by atoms with E-state index in [0.29, 0.717) is 30.0 Å². The van der Waals surface area contributed by atoms with Crippen LogP contribution in [0.1, 0.15) is 78.3 Å². The number of carbonyl (C=O) groups is 1. The van der Waals surface area contributed by atoms with E-state index in [1.165, 1.54) is 56.4 Å². The summed E-state index contributed by atoms with van der Waals surface area (Å²) in [5, 5.41) is 0. The lowest BCUT2D eigenvalue weighted by Crippen LogP contribution is -2.43. The minimum Gasteiger partial charge on any atom is -0.334 e. The van der Waals surface area contributed by atoms with E-state index in [2.05, 4.69) is 9.88 Å². The van der Waals surface area contributed by atoms with E-state index in [4.69, 9.17) is 4.98 Å². The molecule has 1 aliphatic carbocycles. The molecule has 0 bridgehead atoms. The summed E-state index contributed by atoms with van der Waals surface area (Å²) < 4.78 is 13.2. The van der Waals surface area contributed by atoms with Gasteiger partial charge in [0.15, 0.2) is 0 Å². The number of amides is 1. The summed E-state index contributed by atoms with van der Waals surface area (Å²) in [5.74, 6) is 0.555. The average Bonchev–Trinajstić information content (AvgIpc) is 2.84. The Morgan fingerprint density at radius 2 is 1.72 bits per heavy atom. The van der Waals surface area contributed by atoms with E-state index in [9.17, 15) is 14.0 Å². The molecule has 5 rings (SSSR count). The Kier molecular flexibility index (Phi) is 6.09. The normalized spacial score (nSPS) is 20.8. The lowest BCUT2D eigenvalue weighted by Gasteiger charge is -2.39. The zero-order chi connectivity index (χ0) is 22.1. The molecule has 3 heterocycles. The Morgan fingerprint density at radius 1 is 1.00 bits per heavy atom. The minimum atomic E-state index is -0.372. The average molecular weight is 439 g/mol. The first-order valence-corrected chi connectivity index (χ1v) is 12.0. The molecule has 0 unspecified atom stereocenters. The van der Waals surface area contributed by atoms with Crippen molar-refractivity contribution in [2.24, 2.45) is 0 Å². The number of nitrogens with zero attached hydrogens (tertiary/aromatic N) is 3. The van der Waals surface area contributed by atoms with Crippen molar-refractivity contribution in [3.8, 4) is 0 Å². The molecule has 2 aliphatic heterocycles. The third-order valence-corrected chi connectivity index (χ3v) is 7.47. The molecular weight excluding hydrogens is 407 g/mol. The highest BCUT2D eigenvalue weighted by molar-refractivity contribution is 5.94. The van der Waals surface area contributed by atoms with Gasteiger partial charge in [-0.3, -0.25) is 9.59 Å². The van der Waals surface area contributed by atoms with Gasteiger partial charge in [-0.1, -0.05) is 19.3 Å². The first-order chi connectivity index (χ1) is 15.6. The van der Waals surface area contributed by atoms with Gasteiger partial charge in [-0.2, -0.15) is 0 Å². The van der Waals surface area contributed by atoms with Gasteiger partial charge in [-0.15, -0.1) is 0 Å². The lowest BCUT2D eigenvalue weighted by atomic mass is 9.89. The second-order valence-corrected chi connectivity index (χ2v) is 9.46. The van der Waals surface area contributed by atoms with Crippen molar-refractivity contribution in [1.29, 1.82) is 0 Å². The number of nitrogens with one attached hydrogen (secondary N) is 1. The molecule has 1 saturated carbocycles. The van der Waals surface area contributed by atoms with Crippen molar-refractivity contribution in [3.63, 3.8) is 0 Å². The zero-order valence-corrected chi connectivity index (χ0v) is 18.5. The summed E-state index contributed by atoms with van der Waals surface area (Å²) in [4.78, 5) is 37.8. The van der Waals surface area contributed by atoms with Crippen molar-refractivity contribution >= 4 is 5.91 Å². The van der Waals surface area contributed by atoms with Gasteiger partial charge in [0, 0.05) is 30.5 Å². The van der Waals surface area contributed by atoms with Gasteiger partial charge in [-0.25, -0.2) is 9.37 Å². The molecule has 0 atom stereocenters. The predicted molar refractivity (Wildman–Crippen MR) is 120 cm³/mol. The first kappa shape index (κ1) is 21.3. The van der Waals surface area contributed by atoms with Gasteiger partial charge in [0.1, 0.15) is 11.6 Å². The Labute approximate surface area is 187 Å². The summed E-state index contributed by atoms with van der Waals surface area (Å²) >= 11 is 0. The second-order valence-electron chi connectivity index (χ2n) is 9.46. The summed E-state index contributed by atoms with van der Waals surface area (Å²) in [7, 11) is 0. The minimum absolute atomic E-state index is 0.128. The largest absolute Gasteiger partial charge is 0.334 e. The fraction of sp³-hybridized carbons (Fsp3) is 0.560. The number of fused-ring (bicyclic) bond motifs is 1. The number of carbonyl (C=O) groups excluding carboxylic acids is 1. The number of halogens is 1. The summed E-state index contributed by atoms with van der Waals surface area (Å²) in [6, 6.07) is 6.28. The van der Waals surface area contributed by atoms with E-state index in [1.807, 2.05) is 0 Å². The predicted octanol–water partition coefficient (Wildman–Crippen LogP) is 3.62. The highest BCUT2D eigenvalue weighted by Gasteiger charge is 2.30. The molecule has 2 fully saturated rings. The van der Waals surface area contributed by atoms with Crippen LogP contribution in [0.15, 0.2) is 29.1 Å². The van der Waals surface area contributed by atoms with Crippen molar-refractivity contribution in [2.45, 2.75) is 69.9 Å². The summed E-state index contributed by atoms with van der Waals surface area (Å²) in [6.07, 6.45) is 9.37. The molecule has 6 nitrogen and oxygen atoms in total. The third-order valence-electron chi connectivity index (χ3n) is 7.47. The molecule has 32 heavy (non-hydrogen) atoms. The quantitative estimate of drug-likeness (QED) is 0.795. The van der Waals surface area contributed by atoms with E-state index in [-0.39, 0.29) is 23.8 Å². The summed E-state index contributed by atoms with van der Waals surface area (Å²) in [5.41, 5.74) is 1.70. The van der Waals surface area contributed by atoms with Crippen LogP contribution < -0.4 is 5.56 Å². The molecule has 7 heteroatoms. The molecule has 1 amide bonds. The van der Waals surface area contributed by atoms with Crippen LogP contribution in [0.4, 0.5) is 4.39 Å². The number of aromatic amines is 1. The number of piperidine rings is 1. The Hall–Kier alpha value is -2.54. The van der Waals surface area contributed by atoms with Gasteiger partial charge in [0.2, 0.25) is 0 Å². The highest BCUT2D eigenvalue weighted by atomic mass is 19.1. The maximum atomic E-state index is 13.2. The number of hydrogen-bond donors (Lipinski definition) is 1. The van der Waals surface area contributed by atoms with Crippen LogP contribution in [0, 0.1) is 5.82 Å². The molecule has 1 N–H and O–H groups in total. The van der Waals surface area contributed by atoms with Crippen molar-refractivity contribution in [1.82, 2.24) is 19.8 Å². The monoisotopic (exact) mass is 438 g/mol. The van der Waals surface area contributed by atoms with Crippen LogP contribution in [-0.4, -0.2) is 51.4 Å². The van der Waals surface area contributed by atoms with E-state index in [1.54, 1.807) is 4.90 Å². The SMILES string of the molecule is O=C(c1ccc(F)cc1)N1CCc2nc(C3CCN(C4CCCCC4)CC3)[nH]c(=O)c2C1. The zero-order valence-electron chi connectivity index (χ0n) is 18.5. The Morgan fingerprint density at radius 3 is 2.44 bits per heavy atom. The van der Waals surface area contributed by atoms with Crippen molar-refractivity contribution in [3.05, 3.63) is 63.1 Å². The topological polar surface area (TPSA) is 69.3 Å². The van der Waals surface area contributed by atoms with Crippen molar-refractivity contribution in [2.75, 3.05) is 19.6 Å². The maximum Gasteiger partial charge on any atom is 0.256 e. The molecule has 170 valence electrons. The van der Waals surface area contributed by atoms with E-state index < -0.39 is 0 Å². The van der Waals surface area contributed by atoms with Gasteiger partial charge >= 0.3 is 0 Å². The standard InChI is InChI=1S/C25H31FN4O2/c26-19-8-6-18(7-9-19)25(32)30-15-12-22-21(16-30)24(31)28-23(27-22)17-10-13-29(14-11-17)20-4-2-1-3-5-20/h6-9,17,20H,1-5,10-16H2,(H,27,28,31). The number of rotatable bonds is 3. The molecule has 1 aromatic carbocycles. The number of aromatic nitrogens is 2. The number of benzene rings is 1. The van der Waals surface area contributed by atoms with Crippen LogP contribution in [0.5, 0.6) is 0 Å². The van der Waals surface area contributed by atoms with Gasteiger partial charge in [0.05, 0.1) is 17.8 Å². The van der Waals surface area contributed by atoms with Crippen LogP contribution >= 0.6 is 0 Å². The van der Waals surface area contributed by atoms with Crippen LogP contribution in [0.3, 0.4) is 0 Å². The third kappa shape index (κ3) is 4.35. The van der Waals surface area contributed by atoms with Gasteiger partial charge in [0.25, 0.3) is 11.5 Å². The number of likely N-dealkylation sites (tertiary alicyclic amines) is 1. The number of hydrogen-bond acceptors (Lipinski definition) is 4. The fourth-order valence-corrected chi connectivity index (χ4v) is 5.57. The molecule has 3 aliphatic rings. The van der Waals surface area contributed by atoms with Gasteiger partial charge in [-0.05, 0) is 63.0 Å². The molecular formula is C25H31FN4O2. The summed E-state index contributed by atoms with van der Waals surface area (Å²) in [6.45, 7) is 2.92.